The van der Waals surface area contributed by atoms with Crippen molar-refractivity contribution in [1.29, 1.82) is 5.26 Å². The maximum absolute atomic E-state index is 9.25. The number of aromatic nitrogens is 1. The lowest BCUT2D eigenvalue weighted by Gasteiger charge is -2.38. The molecule has 1 N–H and O–H groups in total. The Balaban J connectivity index is 0.000000924. The summed E-state index contributed by atoms with van der Waals surface area (Å²) in [5.74, 6) is 0.651. The number of hydrogen-bond donors (Lipinski definition) is 1. The standard InChI is InChI=1S/C17H20N4.C2H6/c1-12-8-14(19-2)11-21(10-12)16-6-5-13(9-18)17-15(16)4-3-7-20-17;1-2/h3-7,12,14,19H,8,10-11H2,1-2H3;1-2H3/t12-,14?;/m0./s1. The number of hydrogen-bond acceptors (Lipinski definition) is 4. The van der Waals surface area contributed by atoms with Gasteiger partial charge in [0.2, 0.25) is 0 Å². The molecule has 1 aliphatic rings. The molecule has 3 rings (SSSR count). The van der Waals surface area contributed by atoms with Crippen LogP contribution in [-0.2, 0) is 0 Å². The van der Waals surface area contributed by atoms with Crippen molar-refractivity contribution >= 4 is 16.6 Å². The van der Waals surface area contributed by atoms with Crippen molar-refractivity contribution in [3.63, 3.8) is 0 Å². The van der Waals surface area contributed by atoms with Crippen LogP contribution in [0, 0.1) is 17.2 Å². The number of benzene rings is 1. The highest BCUT2D eigenvalue weighted by Gasteiger charge is 2.25. The predicted octanol–water partition coefficient (Wildman–Crippen LogP) is 3.57. The zero-order valence-corrected chi connectivity index (χ0v) is 14.5. The van der Waals surface area contributed by atoms with E-state index in [-0.39, 0.29) is 0 Å². The summed E-state index contributed by atoms with van der Waals surface area (Å²) < 4.78 is 0. The van der Waals surface area contributed by atoms with Crippen LogP contribution in [0.15, 0.2) is 30.5 Å². The molecular formula is C19H26N4. The molecule has 0 saturated carbocycles. The summed E-state index contributed by atoms with van der Waals surface area (Å²) >= 11 is 0. The molecule has 2 atom stereocenters. The summed E-state index contributed by atoms with van der Waals surface area (Å²) in [7, 11) is 2.03. The maximum Gasteiger partial charge on any atom is 0.101 e. The van der Waals surface area contributed by atoms with Crippen molar-refractivity contribution in [2.24, 2.45) is 5.92 Å². The molecule has 0 spiro atoms. The zero-order valence-electron chi connectivity index (χ0n) is 14.5. The second kappa shape index (κ2) is 7.94. The molecule has 4 heteroatoms. The van der Waals surface area contributed by atoms with Crippen LogP contribution < -0.4 is 10.2 Å². The number of pyridine rings is 1. The second-order valence-corrected chi connectivity index (χ2v) is 5.88. The van der Waals surface area contributed by atoms with Gasteiger partial charge in [0.15, 0.2) is 0 Å². The highest BCUT2D eigenvalue weighted by molar-refractivity contribution is 5.95. The van der Waals surface area contributed by atoms with Gasteiger partial charge in [-0.15, -0.1) is 0 Å². The van der Waals surface area contributed by atoms with E-state index in [1.807, 2.05) is 33.0 Å². The molecule has 0 aliphatic carbocycles. The molecule has 1 unspecified atom stereocenters. The Morgan fingerprint density at radius 1 is 1.26 bits per heavy atom. The van der Waals surface area contributed by atoms with Gasteiger partial charge in [-0.1, -0.05) is 20.8 Å². The normalized spacial score (nSPS) is 20.6. The molecule has 0 amide bonds. The van der Waals surface area contributed by atoms with Crippen molar-refractivity contribution in [2.75, 3.05) is 25.0 Å². The number of nitrogens with zero attached hydrogens (tertiary/aromatic N) is 3. The number of rotatable bonds is 2. The van der Waals surface area contributed by atoms with Crippen LogP contribution in [-0.4, -0.2) is 31.2 Å². The highest BCUT2D eigenvalue weighted by atomic mass is 15.2. The molecule has 0 radical (unpaired) electrons. The number of likely N-dealkylation sites (N-methyl/N-ethyl adjacent to an activating group) is 1. The van der Waals surface area contributed by atoms with E-state index in [1.165, 1.54) is 12.1 Å². The molecule has 1 aromatic heterocycles. The van der Waals surface area contributed by atoms with E-state index in [1.54, 1.807) is 6.20 Å². The monoisotopic (exact) mass is 310 g/mol. The summed E-state index contributed by atoms with van der Waals surface area (Å²) in [5, 5.41) is 13.7. The Morgan fingerprint density at radius 2 is 2.04 bits per heavy atom. The van der Waals surface area contributed by atoms with E-state index in [4.69, 9.17) is 0 Å². The van der Waals surface area contributed by atoms with Gasteiger partial charge in [-0.25, -0.2) is 0 Å². The van der Waals surface area contributed by atoms with Gasteiger partial charge in [0, 0.05) is 36.4 Å². The average Bonchev–Trinajstić information content (AvgIpc) is 2.61. The zero-order chi connectivity index (χ0) is 16.8. The van der Waals surface area contributed by atoms with E-state index in [9.17, 15) is 5.26 Å². The third-order valence-corrected chi connectivity index (χ3v) is 4.28. The molecule has 1 saturated heterocycles. The fourth-order valence-corrected chi connectivity index (χ4v) is 3.28. The van der Waals surface area contributed by atoms with Crippen LogP contribution in [0.5, 0.6) is 0 Å². The third-order valence-electron chi connectivity index (χ3n) is 4.28. The number of anilines is 1. The SMILES string of the molecule is CC.CNC1C[C@H](C)CN(c2ccc(C#N)c3ncccc23)C1. The van der Waals surface area contributed by atoms with Crippen molar-refractivity contribution < 1.29 is 0 Å². The van der Waals surface area contributed by atoms with Crippen LogP contribution in [0.2, 0.25) is 0 Å². The van der Waals surface area contributed by atoms with Crippen LogP contribution in [0.25, 0.3) is 10.9 Å². The van der Waals surface area contributed by atoms with Crippen molar-refractivity contribution in [1.82, 2.24) is 10.3 Å². The Hall–Kier alpha value is -2.12. The van der Waals surface area contributed by atoms with Gasteiger partial charge >= 0.3 is 0 Å². The molecule has 2 heterocycles. The molecule has 122 valence electrons. The Morgan fingerprint density at radius 3 is 2.74 bits per heavy atom. The van der Waals surface area contributed by atoms with Gasteiger partial charge in [-0.3, -0.25) is 4.98 Å². The van der Waals surface area contributed by atoms with Gasteiger partial charge in [0.05, 0.1) is 11.1 Å². The van der Waals surface area contributed by atoms with Crippen LogP contribution in [0.4, 0.5) is 5.69 Å². The molecular weight excluding hydrogens is 284 g/mol. The minimum atomic E-state index is 0.510. The molecule has 1 aliphatic heterocycles. The first kappa shape index (κ1) is 17.2. The molecule has 1 fully saturated rings. The quantitative estimate of drug-likeness (QED) is 0.921. The summed E-state index contributed by atoms with van der Waals surface area (Å²) in [6.45, 7) is 8.34. The summed E-state index contributed by atoms with van der Waals surface area (Å²) in [4.78, 5) is 6.82. The topological polar surface area (TPSA) is 52.0 Å². The lowest BCUT2D eigenvalue weighted by Crippen LogP contribution is -2.47. The lowest BCUT2D eigenvalue weighted by atomic mass is 9.95. The van der Waals surface area contributed by atoms with E-state index >= 15 is 0 Å². The van der Waals surface area contributed by atoms with Gasteiger partial charge < -0.3 is 10.2 Å². The van der Waals surface area contributed by atoms with Crippen molar-refractivity contribution in [2.45, 2.75) is 33.2 Å². The lowest BCUT2D eigenvalue weighted by molar-refractivity contribution is 0.367. The smallest absolute Gasteiger partial charge is 0.101 e. The first-order valence-corrected chi connectivity index (χ1v) is 8.43. The summed E-state index contributed by atoms with van der Waals surface area (Å²) in [6, 6.07) is 10.7. The highest BCUT2D eigenvalue weighted by Crippen LogP contribution is 2.31. The molecule has 4 nitrogen and oxygen atoms in total. The molecule has 1 aromatic carbocycles. The van der Waals surface area contributed by atoms with Crippen LogP contribution in [0.1, 0.15) is 32.8 Å². The maximum atomic E-state index is 9.25. The van der Waals surface area contributed by atoms with Crippen LogP contribution in [0.3, 0.4) is 0 Å². The molecule has 0 bridgehead atoms. The van der Waals surface area contributed by atoms with E-state index in [0.29, 0.717) is 17.5 Å². The van der Waals surface area contributed by atoms with Gasteiger partial charge in [-0.2, -0.15) is 5.26 Å². The average molecular weight is 310 g/mol. The summed E-state index contributed by atoms with van der Waals surface area (Å²) in [5.41, 5.74) is 2.63. The van der Waals surface area contributed by atoms with Crippen molar-refractivity contribution in [3.8, 4) is 6.07 Å². The number of fused-ring (bicyclic) bond motifs is 1. The molecule has 2 aromatic rings. The van der Waals surface area contributed by atoms with Gasteiger partial charge in [-0.05, 0) is 43.7 Å². The van der Waals surface area contributed by atoms with Gasteiger partial charge in [0.1, 0.15) is 6.07 Å². The number of piperidine rings is 1. The fraction of sp³-hybridized carbons (Fsp3) is 0.474. The Kier molecular flexibility index (Phi) is 5.95. The van der Waals surface area contributed by atoms with Gasteiger partial charge in [0.25, 0.3) is 0 Å². The predicted molar refractivity (Wildman–Crippen MR) is 96.6 cm³/mol. The molecule has 23 heavy (non-hydrogen) atoms. The summed E-state index contributed by atoms with van der Waals surface area (Å²) in [6.07, 6.45) is 2.96. The Labute approximate surface area is 139 Å². The van der Waals surface area contributed by atoms with E-state index in [2.05, 4.69) is 40.3 Å². The second-order valence-electron chi connectivity index (χ2n) is 5.88. The van der Waals surface area contributed by atoms with E-state index < -0.39 is 0 Å². The first-order chi connectivity index (χ1) is 11.2. The first-order valence-electron chi connectivity index (χ1n) is 8.43. The third kappa shape index (κ3) is 3.62. The minimum absolute atomic E-state index is 0.510. The largest absolute Gasteiger partial charge is 0.369 e. The minimum Gasteiger partial charge on any atom is -0.369 e. The number of nitriles is 1. The van der Waals surface area contributed by atoms with Crippen molar-refractivity contribution in [3.05, 3.63) is 36.0 Å². The van der Waals surface area contributed by atoms with Crippen LogP contribution >= 0.6 is 0 Å². The number of nitrogens with one attached hydrogen (secondary N) is 1. The fourth-order valence-electron chi connectivity index (χ4n) is 3.28. The van der Waals surface area contributed by atoms with E-state index in [0.717, 1.165) is 24.0 Å². The Bertz CT molecular complexity index is 689.